The molecule has 0 radical (unpaired) electrons. The first-order valence-corrected chi connectivity index (χ1v) is 6.91. The van der Waals surface area contributed by atoms with Gasteiger partial charge in [-0.3, -0.25) is 4.90 Å². The standard InChI is InChI=1S/C11H13Cl2NS/c12-10-3-1-2-9(11(10)13)8-14-4-6-15-7-5-14/h1-3H,4-8H2. The number of halogens is 2. The van der Waals surface area contributed by atoms with Crippen LogP contribution in [0.25, 0.3) is 0 Å². The van der Waals surface area contributed by atoms with E-state index in [4.69, 9.17) is 23.2 Å². The van der Waals surface area contributed by atoms with Gasteiger partial charge in [-0.25, -0.2) is 0 Å². The molecule has 0 unspecified atom stereocenters. The minimum atomic E-state index is 0.653. The lowest BCUT2D eigenvalue weighted by Crippen LogP contribution is -2.32. The Balaban J connectivity index is 2.06. The summed E-state index contributed by atoms with van der Waals surface area (Å²) in [6.45, 7) is 3.21. The minimum absolute atomic E-state index is 0.653. The molecule has 2 rings (SSSR count). The quantitative estimate of drug-likeness (QED) is 0.802. The van der Waals surface area contributed by atoms with Crippen LogP contribution in [0.3, 0.4) is 0 Å². The summed E-state index contributed by atoms with van der Waals surface area (Å²) < 4.78 is 0. The Morgan fingerprint density at radius 1 is 1.20 bits per heavy atom. The highest BCUT2D eigenvalue weighted by molar-refractivity contribution is 7.99. The molecule has 1 nitrogen and oxygen atoms in total. The molecule has 0 saturated carbocycles. The Labute approximate surface area is 105 Å². The van der Waals surface area contributed by atoms with Gasteiger partial charge in [-0.15, -0.1) is 0 Å². The number of benzene rings is 1. The summed E-state index contributed by atoms with van der Waals surface area (Å²) >= 11 is 14.1. The zero-order chi connectivity index (χ0) is 10.7. The van der Waals surface area contributed by atoms with Gasteiger partial charge in [0.05, 0.1) is 10.0 Å². The molecule has 0 atom stereocenters. The molecule has 1 heterocycles. The Bertz CT molecular complexity index is 337. The van der Waals surface area contributed by atoms with Crippen LogP contribution in [-0.2, 0) is 6.54 Å². The van der Waals surface area contributed by atoms with E-state index in [0.29, 0.717) is 10.0 Å². The molecule has 1 aromatic rings. The van der Waals surface area contributed by atoms with E-state index in [2.05, 4.69) is 11.0 Å². The summed E-state index contributed by atoms with van der Waals surface area (Å²) in [5.74, 6) is 2.44. The van der Waals surface area contributed by atoms with Crippen molar-refractivity contribution in [1.82, 2.24) is 4.90 Å². The molecule has 0 aliphatic carbocycles. The van der Waals surface area contributed by atoms with Crippen LogP contribution in [0.5, 0.6) is 0 Å². The predicted molar refractivity (Wildman–Crippen MR) is 69.1 cm³/mol. The van der Waals surface area contributed by atoms with Crippen LogP contribution in [0, 0.1) is 0 Å². The number of hydrogen-bond acceptors (Lipinski definition) is 2. The molecule has 15 heavy (non-hydrogen) atoms. The Hall–Kier alpha value is 0.110. The molecule has 4 heteroatoms. The van der Waals surface area contributed by atoms with Gasteiger partial charge in [0.25, 0.3) is 0 Å². The summed E-state index contributed by atoms with van der Waals surface area (Å²) in [4.78, 5) is 2.42. The summed E-state index contributed by atoms with van der Waals surface area (Å²) in [6.07, 6.45) is 0. The molecule has 0 N–H and O–H groups in total. The molecule has 0 bridgehead atoms. The average Bonchev–Trinajstić information content (AvgIpc) is 2.26. The number of nitrogens with zero attached hydrogens (tertiary/aromatic N) is 1. The highest BCUT2D eigenvalue weighted by atomic mass is 35.5. The van der Waals surface area contributed by atoms with E-state index in [-0.39, 0.29) is 0 Å². The highest BCUT2D eigenvalue weighted by Gasteiger charge is 2.13. The topological polar surface area (TPSA) is 3.24 Å². The Morgan fingerprint density at radius 2 is 1.93 bits per heavy atom. The van der Waals surface area contributed by atoms with Crippen LogP contribution >= 0.6 is 35.0 Å². The molecule has 0 aromatic heterocycles. The Kier molecular flexibility index (Phi) is 4.21. The third-order valence-electron chi connectivity index (χ3n) is 2.53. The lowest BCUT2D eigenvalue weighted by molar-refractivity contribution is 0.294. The number of rotatable bonds is 2. The van der Waals surface area contributed by atoms with E-state index >= 15 is 0 Å². The second kappa shape index (κ2) is 5.44. The van der Waals surface area contributed by atoms with Gasteiger partial charge in [-0.2, -0.15) is 11.8 Å². The van der Waals surface area contributed by atoms with Crippen LogP contribution < -0.4 is 0 Å². The van der Waals surface area contributed by atoms with Crippen LogP contribution in [0.15, 0.2) is 18.2 Å². The second-order valence-electron chi connectivity index (χ2n) is 3.60. The predicted octanol–water partition coefficient (Wildman–Crippen LogP) is 3.54. The maximum Gasteiger partial charge on any atom is 0.0637 e. The first-order valence-electron chi connectivity index (χ1n) is 5.00. The van der Waals surface area contributed by atoms with E-state index in [1.165, 1.54) is 11.5 Å². The summed E-state index contributed by atoms with van der Waals surface area (Å²) in [5, 5.41) is 1.36. The van der Waals surface area contributed by atoms with E-state index in [9.17, 15) is 0 Å². The van der Waals surface area contributed by atoms with Crippen LogP contribution in [0.4, 0.5) is 0 Å². The molecule has 1 aliphatic heterocycles. The van der Waals surface area contributed by atoms with Crippen LogP contribution in [-0.4, -0.2) is 29.5 Å². The first-order chi connectivity index (χ1) is 7.27. The smallest absolute Gasteiger partial charge is 0.0637 e. The van der Waals surface area contributed by atoms with Gasteiger partial charge >= 0.3 is 0 Å². The van der Waals surface area contributed by atoms with E-state index in [1.54, 1.807) is 0 Å². The zero-order valence-electron chi connectivity index (χ0n) is 8.38. The molecule has 1 aromatic carbocycles. The molecule has 1 fully saturated rings. The van der Waals surface area contributed by atoms with E-state index in [1.807, 2.05) is 23.9 Å². The zero-order valence-corrected chi connectivity index (χ0v) is 10.7. The molecule has 1 aliphatic rings. The fraction of sp³-hybridized carbons (Fsp3) is 0.455. The van der Waals surface area contributed by atoms with Gasteiger partial charge in [0.15, 0.2) is 0 Å². The highest BCUT2D eigenvalue weighted by Crippen LogP contribution is 2.27. The minimum Gasteiger partial charge on any atom is -0.297 e. The summed E-state index contributed by atoms with van der Waals surface area (Å²) in [5.41, 5.74) is 1.14. The third-order valence-corrected chi connectivity index (χ3v) is 4.33. The number of thioether (sulfide) groups is 1. The van der Waals surface area contributed by atoms with Gasteiger partial charge in [-0.1, -0.05) is 35.3 Å². The van der Waals surface area contributed by atoms with Crippen molar-refractivity contribution in [2.24, 2.45) is 0 Å². The van der Waals surface area contributed by atoms with Crippen molar-refractivity contribution in [2.75, 3.05) is 24.6 Å². The molecular formula is C11H13Cl2NS. The molecule has 82 valence electrons. The summed E-state index contributed by atoms with van der Waals surface area (Å²) in [7, 11) is 0. The van der Waals surface area contributed by atoms with Gasteiger partial charge < -0.3 is 0 Å². The fourth-order valence-corrected chi connectivity index (χ4v) is 3.03. The third kappa shape index (κ3) is 3.04. The normalized spacial score (nSPS) is 18.0. The van der Waals surface area contributed by atoms with Crippen molar-refractivity contribution in [3.63, 3.8) is 0 Å². The number of hydrogen-bond donors (Lipinski definition) is 0. The van der Waals surface area contributed by atoms with Crippen LogP contribution in [0.1, 0.15) is 5.56 Å². The maximum atomic E-state index is 6.15. The van der Waals surface area contributed by atoms with Gasteiger partial charge in [0, 0.05) is 31.1 Å². The largest absolute Gasteiger partial charge is 0.297 e. The van der Waals surface area contributed by atoms with Crippen molar-refractivity contribution < 1.29 is 0 Å². The van der Waals surface area contributed by atoms with Crippen molar-refractivity contribution in [3.05, 3.63) is 33.8 Å². The molecule has 1 saturated heterocycles. The lowest BCUT2D eigenvalue weighted by atomic mass is 10.2. The van der Waals surface area contributed by atoms with Crippen molar-refractivity contribution in [2.45, 2.75) is 6.54 Å². The van der Waals surface area contributed by atoms with Crippen molar-refractivity contribution >= 4 is 35.0 Å². The average molecular weight is 262 g/mol. The van der Waals surface area contributed by atoms with Gasteiger partial charge in [0.1, 0.15) is 0 Å². The molecular weight excluding hydrogens is 249 g/mol. The van der Waals surface area contributed by atoms with Gasteiger partial charge in [-0.05, 0) is 11.6 Å². The fourth-order valence-electron chi connectivity index (χ4n) is 1.67. The van der Waals surface area contributed by atoms with E-state index in [0.717, 1.165) is 25.2 Å². The van der Waals surface area contributed by atoms with Crippen molar-refractivity contribution in [3.8, 4) is 0 Å². The lowest BCUT2D eigenvalue weighted by Gasteiger charge is -2.26. The maximum absolute atomic E-state index is 6.15. The van der Waals surface area contributed by atoms with Crippen molar-refractivity contribution in [1.29, 1.82) is 0 Å². The first kappa shape index (κ1) is 11.6. The summed E-state index contributed by atoms with van der Waals surface area (Å²) in [6, 6.07) is 5.84. The monoisotopic (exact) mass is 261 g/mol. The second-order valence-corrected chi connectivity index (χ2v) is 5.61. The Morgan fingerprint density at radius 3 is 2.67 bits per heavy atom. The van der Waals surface area contributed by atoms with Crippen LogP contribution in [0.2, 0.25) is 10.0 Å². The van der Waals surface area contributed by atoms with E-state index < -0.39 is 0 Å². The molecule has 0 spiro atoms. The SMILES string of the molecule is Clc1cccc(CN2CCSCC2)c1Cl. The van der Waals surface area contributed by atoms with Gasteiger partial charge in [0.2, 0.25) is 0 Å². The molecule has 0 amide bonds.